The van der Waals surface area contributed by atoms with Gasteiger partial charge in [-0.05, 0) is 43.3 Å². The van der Waals surface area contributed by atoms with E-state index < -0.39 is 5.97 Å². The molecule has 0 radical (unpaired) electrons. The minimum Gasteiger partial charge on any atom is -0.478 e. The number of rotatable bonds is 3. The first-order chi connectivity index (χ1) is 7.16. The van der Waals surface area contributed by atoms with Crippen LogP contribution in [0.25, 0.3) is 0 Å². The van der Waals surface area contributed by atoms with Crippen molar-refractivity contribution in [3.05, 3.63) is 33.8 Å². The van der Waals surface area contributed by atoms with Gasteiger partial charge in [-0.25, -0.2) is 4.79 Å². The highest BCUT2D eigenvalue weighted by Crippen LogP contribution is 2.22. The van der Waals surface area contributed by atoms with Gasteiger partial charge in [0.05, 0.1) is 5.56 Å². The third kappa shape index (κ3) is 2.38. The number of benzene rings is 1. The number of likely N-dealkylation sites (tertiary alicyclic amines) is 1. The molecule has 0 amide bonds. The number of halogens is 1. The van der Waals surface area contributed by atoms with Crippen LogP contribution < -0.4 is 0 Å². The third-order valence-corrected chi connectivity index (χ3v) is 3.41. The van der Waals surface area contributed by atoms with Crippen molar-refractivity contribution in [1.82, 2.24) is 4.90 Å². The van der Waals surface area contributed by atoms with Crippen LogP contribution in [0.4, 0.5) is 0 Å². The molecule has 15 heavy (non-hydrogen) atoms. The molecule has 0 unspecified atom stereocenters. The minimum atomic E-state index is -0.868. The summed E-state index contributed by atoms with van der Waals surface area (Å²) in [6.07, 6.45) is 1.25. The number of hydrogen-bond acceptors (Lipinski definition) is 2. The van der Waals surface area contributed by atoms with Crippen LogP contribution in [0.15, 0.2) is 22.7 Å². The molecular weight excluding hydrogens is 258 g/mol. The lowest BCUT2D eigenvalue weighted by Gasteiger charge is -2.31. The molecule has 0 spiro atoms. The zero-order chi connectivity index (χ0) is 10.8. The molecular formula is C11H12BrNO2. The van der Waals surface area contributed by atoms with Gasteiger partial charge in [-0.1, -0.05) is 15.9 Å². The van der Waals surface area contributed by atoms with Gasteiger partial charge < -0.3 is 5.11 Å². The lowest BCUT2D eigenvalue weighted by molar-refractivity contribution is 0.0696. The average molecular weight is 270 g/mol. The second-order valence-corrected chi connectivity index (χ2v) is 4.60. The highest BCUT2D eigenvalue weighted by atomic mass is 79.9. The van der Waals surface area contributed by atoms with E-state index >= 15 is 0 Å². The summed E-state index contributed by atoms with van der Waals surface area (Å²) in [4.78, 5) is 13.1. The molecule has 1 aromatic rings. The number of carboxylic acid groups (broad SMARTS) is 1. The smallest absolute Gasteiger partial charge is 0.335 e. The Bertz CT molecular complexity index is 388. The fourth-order valence-corrected chi connectivity index (χ4v) is 1.98. The van der Waals surface area contributed by atoms with Crippen molar-refractivity contribution in [2.45, 2.75) is 13.0 Å². The average Bonchev–Trinajstić information content (AvgIpc) is 2.13. The highest BCUT2D eigenvalue weighted by molar-refractivity contribution is 9.10. The fourth-order valence-electron chi connectivity index (χ4n) is 1.61. The summed E-state index contributed by atoms with van der Waals surface area (Å²) in [5.74, 6) is -0.868. The van der Waals surface area contributed by atoms with Crippen LogP contribution >= 0.6 is 15.9 Å². The first-order valence-electron chi connectivity index (χ1n) is 4.91. The number of carboxylic acids is 1. The quantitative estimate of drug-likeness (QED) is 0.916. The Balaban J connectivity index is 2.19. The lowest BCUT2D eigenvalue weighted by atomic mass is 10.1. The molecule has 1 aliphatic heterocycles. The monoisotopic (exact) mass is 269 g/mol. The molecule has 0 atom stereocenters. The van der Waals surface area contributed by atoms with Crippen molar-refractivity contribution in [2.24, 2.45) is 0 Å². The van der Waals surface area contributed by atoms with E-state index in [-0.39, 0.29) is 0 Å². The molecule has 1 heterocycles. The Labute approximate surface area is 96.8 Å². The fraction of sp³-hybridized carbons (Fsp3) is 0.364. The summed E-state index contributed by atoms with van der Waals surface area (Å²) in [7, 11) is 0. The first kappa shape index (κ1) is 10.6. The number of carbonyl (C=O) groups is 1. The van der Waals surface area contributed by atoms with Gasteiger partial charge in [0, 0.05) is 11.0 Å². The first-order valence-corrected chi connectivity index (χ1v) is 5.70. The number of hydrogen-bond donors (Lipinski definition) is 1. The molecule has 1 aromatic carbocycles. The summed E-state index contributed by atoms with van der Waals surface area (Å²) in [6.45, 7) is 3.06. The van der Waals surface area contributed by atoms with E-state index in [1.165, 1.54) is 6.42 Å². The Morgan fingerprint density at radius 3 is 2.73 bits per heavy atom. The van der Waals surface area contributed by atoms with E-state index in [4.69, 9.17) is 5.11 Å². The molecule has 0 bridgehead atoms. The van der Waals surface area contributed by atoms with Crippen molar-refractivity contribution in [3.63, 3.8) is 0 Å². The third-order valence-electron chi connectivity index (χ3n) is 2.64. The molecule has 3 nitrogen and oxygen atoms in total. The summed E-state index contributed by atoms with van der Waals surface area (Å²) in [6, 6.07) is 5.16. The molecule has 1 N–H and O–H groups in total. The van der Waals surface area contributed by atoms with Gasteiger partial charge in [-0.15, -0.1) is 0 Å². The topological polar surface area (TPSA) is 40.5 Å². The van der Waals surface area contributed by atoms with Gasteiger partial charge in [-0.2, -0.15) is 0 Å². The van der Waals surface area contributed by atoms with Gasteiger partial charge in [0.1, 0.15) is 0 Å². The largest absolute Gasteiger partial charge is 0.478 e. The molecule has 0 aromatic heterocycles. The Morgan fingerprint density at radius 1 is 1.47 bits per heavy atom. The lowest BCUT2D eigenvalue weighted by Crippen LogP contribution is -2.36. The predicted octanol–water partition coefficient (Wildman–Crippen LogP) is 2.35. The van der Waals surface area contributed by atoms with E-state index in [9.17, 15) is 4.79 Å². The second-order valence-electron chi connectivity index (χ2n) is 3.74. The Kier molecular flexibility index (Phi) is 3.07. The van der Waals surface area contributed by atoms with Crippen molar-refractivity contribution in [2.75, 3.05) is 13.1 Å². The molecule has 1 saturated heterocycles. The molecule has 2 rings (SSSR count). The van der Waals surface area contributed by atoms with Crippen LogP contribution in [0.5, 0.6) is 0 Å². The SMILES string of the molecule is O=C(O)c1ccc(Br)c(CN2CCC2)c1. The van der Waals surface area contributed by atoms with E-state index in [1.54, 1.807) is 18.2 Å². The zero-order valence-corrected chi connectivity index (χ0v) is 9.83. The predicted molar refractivity (Wildman–Crippen MR) is 61.0 cm³/mol. The molecule has 0 saturated carbocycles. The molecule has 1 fully saturated rings. The summed E-state index contributed by atoms with van der Waals surface area (Å²) >= 11 is 3.44. The zero-order valence-electron chi connectivity index (χ0n) is 8.24. The Morgan fingerprint density at radius 2 is 2.20 bits per heavy atom. The number of nitrogens with zero attached hydrogens (tertiary/aromatic N) is 1. The van der Waals surface area contributed by atoms with E-state index in [0.717, 1.165) is 29.7 Å². The molecule has 4 heteroatoms. The highest BCUT2D eigenvalue weighted by Gasteiger charge is 2.16. The molecule has 80 valence electrons. The van der Waals surface area contributed by atoms with Crippen molar-refractivity contribution < 1.29 is 9.90 Å². The van der Waals surface area contributed by atoms with Crippen molar-refractivity contribution >= 4 is 21.9 Å². The summed E-state index contributed by atoms with van der Waals surface area (Å²) < 4.78 is 0.986. The van der Waals surface area contributed by atoms with Gasteiger partial charge in [-0.3, -0.25) is 4.90 Å². The van der Waals surface area contributed by atoms with Gasteiger partial charge in [0.2, 0.25) is 0 Å². The normalized spacial score (nSPS) is 16.1. The second kappa shape index (κ2) is 4.33. The van der Waals surface area contributed by atoms with Crippen molar-refractivity contribution in [3.8, 4) is 0 Å². The molecule has 0 aliphatic carbocycles. The van der Waals surface area contributed by atoms with Crippen LogP contribution in [-0.2, 0) is 6.54 Å². The standard InChI is InChI=1S/C11H12BrNO2/c12-10-3-2-8(11(14)15)6-9(10)7-13-4-1-5-13/h2-3,6H,1,4-5,7H2,(H,14,15). The van der Waals surface area contributed by atoms with Crippen LogP contribution in [0.1, 0.15) is 22.3 Å². The van der Waals surface area contributed by atoms with Crippen LogP contribution in [-0.4, -0.2) is 29.1 Å². The summed E-state index contributed by atoms with van der Waals surface area (Å²) in [5, 5.41) is 8.88. The van der Waals surface area contributed by atoms with Crippen LogP contribution in [0.2, 0.25) is 0 Å². The van der Waals surface area contributed by atoms with Gasteiger partial charge in [0.25, 0.3) is 0 Å². The number of aromatic carboxylic acids is 1. The maximum absolute atomic E-state index is 10.8. The molecule has 1 aliphatic rings. The van der Waals surface area contributed by atoms with E-state index in [2.05, 4.69) is 20.8 Å². The van der Waals surface area contributed by atoms with E-state index in [1.807, 2.05) is 0 Å². The maximum atomic E-state index is 10.8. The van der Waals surface area contributed by atoms with Gasteiger partial charge >= 0.3 is 5.97 Å². The van der Waals surface area contributed by atoms with Crippen LogP contribution in [0, 0.1) is 0 Å². The summed E-state index contributed by atoms with van der Waals surface area (Å²) in [5.41, 5.74) is 1.41. The van der Waals surface area contributed by atoms with Gasteiger partial charge in [0.15, 0.2) is 0 Å². The van der Waals surface area contributed by atoms with E-state index in [0.29, 0.717) is 5.56 Å². The Hall–Kier alpha value is -0.870. The maximum Gasteiger partial charge on any atom is 0.335 e. The van der Waals surface area contributed by atoms with Crippen molar-refractivity contribution in [1.29, 1.82) is 0 Å². The minimum absolute atomic E-state index is 0.355. The van der Waals surface area contributed by atoms with Crippen LogP contribution in [0.3, 0.4) is 0 Å².